The SMILES string of the molecule is CC(C)C[C@@H]1NC(=O)[C@@H](Cc2ccccc2)NC(=O)[C@H](CCN)NC(=O)[C@H](CCN)N(C(=O)[C@H](CCN)NC(=O)[C@@H](NC(=O)[C@H](CCCN=C(N)N)NC(=O)[C@H](CCCN=C(N)N)NC(=O)[C@@H](N)CCCN=C(N)N)[C@@H](C)O)C(=O)[C@H]([C@@H](C)O)NC(=O)[C@H](CCN)NC(=O)[C@H](CCN)NC1=O. The summed E-state index contributed by atoms with van der Waals surface area (Å²) < 4.78 is 0. The molecule has 40 heteroatoms. The second kappa shape index (κ2) is 46.1. The Hall–Kier alpha value is -9.45. The van der Waals surface area contributed by atoms with Crippen LogP contribution in [-0.2, 0) is 64.0 Å². The standard InChI is InChI=1S/C61H110N26O14/c1-31(2)29-42-53(96)80-38(16-21-62)49(92)79-40(18-23-64)52(95)86-46(33(4)89)58(101)87(44(20-25-66)55(98)81-39(17-22-63)50(93)84-43(54(97)83-42)30-34-11-6-5-7-12-34)57(100)41(19-24-65)82-56(99)45(32(3)88)85-51(94)37(15-10-28-76-61(72)73)78-48(91)36(14-9-27-75-60(70)71)77-47(90)35(67)13-8-26-74-59(68)69/h5-7,11-12,31-33,35-46,88-89H,8-10,13-30,62-67H2,1-4H3,(H,77,90)(H,78,91)(H,79,92)(H,80,96)(H,81,98)(H,82,99)(H,83,97)(H,84,93)(H,85,94)(H,86,95)(H4,68,69,74)(H4,70,71,75)(H4,72,73,76)/t32-,33-,35+,36+,37+,38+,39+,40+,41+,42+,43-,44+,45+,46+/m1/s1. The van der Waals surface area contributed by atoms with Gasteiger partial charge in [0, 0.05) is 26.1 Å². The third-order valence-corrected chi connectivity index (χ3v) is 15.7. The Bertz CT molecular complexity index is 2970. The largest absolute Gasteiger partial charge is 0.391 e. The molecule has 1 aliphatic heterocycles. The van der Waals surface area contributed by atoms with Gasteiger partial charge in [-0.05, 0) is 135 Å². The van der Waals surface area contributed by atoms with E-state index in [-0.39, 0.29) is 139 Å². The zero-order valence-electron chi connectivity index (χ0n) is 57.9. The summed E-state index contributed by atoms with van der Waals surface area (Å²) >= 11 is 0. The molecule has 0 unspecified atom stereocenters. The summed E-state index contributed by atoms with van der Waals surface area (Å²) in [5, 5.41) is 47.8. The van der Waals surface area contributed by atoms with Crippen LogP contribution in [0.4, 0.5) is 0 Å². The topological polar surface area (TPSA) is 718 Å². The van der Waals surface area contributed by atoms with Gasteiger partial charge in [-0.2, -0.15) is 0 Å². The first kappa shape index (κ1) is 87.6. The summed E-state index contributed by atoms with van der Waals surface area (Å²) in [5.41, 5.74) is 69.6. The fraction of sp³-hybridized carbons (Fsp3) is 0.656. The molecule has 1 aliphatic rings. The molecule has 0 aromatic heterocycles. The van der Waals surface area contributed by atoms with Gasteiger partial charge in [0.25, 0.3) is 11.8 Å². The minimum Gasteiger partial charge on any atom is -0.391 e. The maximum absolute atomic E-state index is 15.6. The Kier molecular flexibility index (Phi) is 40.0. The van der Waals surface area contributed by atoms with Crippen LogP contribution in [0, 0.1) is 5.92 Å². The van der Waals surface area contributed by atoms with Gasteiger partial charge < -0.3 is 132 Å². The van der Waals surface area contributed by atoms with E-state index in [4.69, 9.17) is 68.8 Å². The van der Waals surface area contributed by atoms with Crippen molar-refractivity contribution in [2.75, 3.05) is 52.4 Å². The van der Waals surface area contributed by atoms with Crippen molar-refractivity contribution in [1.29, 1.82) is 0 Å². The molecule has 1 heterocycles. The molecule has 101 heavy (non-hydrogen) atoms. The average molecular weight is 1430 g/mol. The van der Waals surface area contributed by atoms with Crippen LogP contribution in [0.25, 0.3) is 0 Å². The van der Waals surface area contributed by atoms with Gasteiger partial charge in [0.1, 0.15) is 66.5 Å². The van der Waals surface area contributed by atoms with Crippen molar-refractivity contribution in [3.05, 3.63) is 35.9 Å². The van der Waals surface area contributed by atoms with Crippen LogP contribution in [0.2, 0.25) is 0 Å². The lowest BCUT2D eigenvalue weighted by molar-refractivity contribution is -0.158. The highest BCUT2D eigenvalue weighted by Gasteiger charge is 2.45. The molecule has 14 atom stereocenters. The van der Waals surface area contributed by atoms with E-state index in [1.807, 2.05) is 0 Å². The van der Waals surface area contributed by atoms with Crippen LogP contribution in [0.1, 0.15) is 110 Å². The number of benzene rings is 1. The molecular weight excluding hydrogens is 1320 g/mol. The number of carbonyl (C=O) groups is 12. The normalized spacial score (nSPS) is 21.1. The number of rotatable bonds is 37. The van der Waals surface area contributed by atoms with Gasteiger partial charge in [-0.1, -0.05) is 44.2 Å². The molecule has 0 bridgehead atoms. The van der Waals surface area contributed by atoms with E-state index >= 15 is 14.4 Å². The highest BCUT2D eigenvalue weighted by molar-refractivity contribution is 6.07. The first-order valence-corrected chi connectivity index (χ1v) is 33.5. The Morgan fingerprint density at radius 2 is 0.891 bits per heavy atom. The molecule has 1 aromatic carbocycles. The van der Waals surface area contributed by atoms with Gasteiger partial charge in [-0.3, -0.25) is 77.4 Å². The van der Waals surface area contributed by atoms with E-state index in [0.717, 1.165) is 13.8 Å². The van der Waals surface area contributed by atoms with Crippen LogP contribution >= 0.6 is 0 Å². The van der Waals surface area contributed by atoms with Crippen LogP contribution < -0.4 is 122 Å². The van der Waals surface area contributed by atoms with Gasteiger partial charge in [0.2, 0.25) is 59.1 Å². The summed E-state index contributed by atoms with van der Waals surface area (Å²) in [6.07, 6.45) is -6.11. The number of amides is 12. The molecule has 2 rings (SSSR count). The lowest BCUT2D eigenvalue weighted by atomic mass is 10.00. The monoisotopic (exact) mass is 1430 g/mol. The van der Waals surface area contributed by atoms with Crippen molar-refractivity contribution in [2.45, 2.75) is 196 Å². The van der Waals surface area contributed by atoms with E-state index < -0.39 is 182 Å². The van der Waals surface area contributed by atoms with Gasteiger partial charge in [0.05, 0.1) is 18.2 Å². The Balaban J connectivity index is 2.94. The molecule has 1 fully saturated rings. The highest BCUT2D eigenvalue weighted by atomic mass is 16.3. The van der Waals surface area contributed by atoms with Crippen LogP contribution in [-0.4, -0.2) is 241 Å². The minimum atomic E-state index is -2.23. The third-order valence-electron chi connectivity index (χ3n) is 15.7. The molecule has 0 radical (unpaired) electrons. The molecule has 36 N–H and O–H groups in total. The smallest absolute Gasteiger partial charge is 0.255 e. The molecule has 40 nitrogen and oxygen atoms in total. The van der Waals surface area contributed by atoms with Crippen molar-refractivity contribution in [1.82, 2.24) is 58.1 Å². The minimum absolute atomic E-state index is 0.000978. The second-order valence-corrected chi connectivity index (χ2v) is 24.7. The van der Waals surface area contributed by atoms with Crippen molar-refractivity contribution in [2.24, 2.45) is 89.7 Å². The van der Waals surface area contributed by atoms with E-state index in [0.29, 0.717) is 5.56 Å². The number of nitrogens with zero attached hydrogens (tertiary/aromatic N) is 4. The van der Waals surface area contributed by atoms with Crippen LogP contribution in [0.5, 0.6) is 0 Å². The number of aliphatic hydroxyl groups is 2. The lowest BCUT2D eigenvalue weighted by Gasteiger charge is -2.36. The Morgan fingerprint density at radius 3 is 1.34 bits per heavy atom. The number of aliphatic imine (C=N–C) groups is 3. The van der Waals surface area contributed by atoms with Crippen molar-refractivity contribution < 1.29 is 67.7 Å². The van der Waals surface area contributed by atoms with Crippen LogP contribution in [0.3, 0.4) is 0 Å². The summed E-state index contributed by atoms with van der Waals surface area (Å²) in [6.45, 7) is 3.89. The van der Waals surface area contributed by atoms with E-state index in [1.165, 1.54) is 0 Å². The number of hydrogen-bond donors (Lipinski definition) is 24. The summed E-state index contributed by atoms with van der Waals surface area (Å²) in [4.78, 5) is 187. The van der Waals surface area contributed by atoms with Crippen molar-refractivity contribution in [3.8, 4) is 0 Å². The second-order valence-electron chi connectivity index (χ2n) is 24.7. The molecule has 1 aromatic rings. The summed E-state index contributed by atoms with van der Waals surface area (Å²) in [6, 6.07) is -11.9. The average Bonchev–Trinajstić information content (AvgIpc) is 1.10. The maximum Gasteiger partial charge on any atom is 0.255 e. The zero-order chi connectivity index (χ0) is 76.1. The van der Waals surface area contributed by atoms with Gasteiger partial charge >= 0.3 is 0 Å². The Labute approximate surface area is 586 Å². The van der Waals surface area contributed by atoms with E-state index in [2.05, 4.69) is 68.1 Å². The predicted octanol–water partition coefficient (Wildman–Crippen LogP) is -11.1. The van der Waals surface area contributed by atoms with Gasteiger partial charge in [0.15, 0.2) is 17.9 Å². The van der Waals surface area contributed by atoms with E-state index in [1.54, 1.807) is 44.2 Å². The first-order chi connectivity index (χ1) is 47.7. The molecule has 0 aliphatic carbocycles. The number of carbonyl (C=O) groups excluding carboxylic acids is 12. The third kappa shape index (κ3) is 31.3. The highest BCUT2D eigenvalue weighted by Crippen LogP contribution is 2.17. The van der Waals surface area contributed by atoms with Gasteiger partial charge in [-0.15, -0.1) is 0 Å². The first-order valence-electron chi connectivity index (χ1n) is 33.5. The maximum atomic E-state index is 15.6. The van der Waals surface area contributed by atoms with Gasteiger partial charge in [-0.25, -0.2) is 0 Å². The molecule has 0 saturated carbocycles. The quantitative estimate of drug-likeness (QED) is 0.0167. The molecule has 568 valence electrons. The number of hydrogen-bond acceptors (Lipinski definition) is 23. The predicted molar refractivity (Wildman–Crippen MR) is 374 cm³/mol. The molecular formula is C61H110N26O14. The lowest BCUT2D eigenvalue weighted by Crippen LogP contribution is -2.66. The summed E-state index contributed by atoms with van der Waals surface area (Å²) in [5.74, 6) is -14.5. The number of imide groups is 1. The fourth-order valence-corrected chi connectivity index (χ4v) is 10.4. The van der Waals surface area contributed by atoms with E-state index in [9.17, 15) is 53.4 Å². The number of aliphatic hydroxyl groups excluding tert-OH is 2. The number of nitrogens with two attached hydrogens (primary N) is 12. The van der Waals surface area contributed by atoms with Crippen LogP contribution in [0.15, 0.2) is 45.3 Å². The zero-order valence-corrected chi connectivity index (χ0v) is 57.9. The van der Waals surface area contributed by atoms with Crippen molar-refractivity contribution in [3.63, 3.8) is 0 Å². The van der Waals surface area contributed by atoms with Crippen molar-refractivity contribution >= 4 is 88.8 Å². The Morgan fingerprint density at radius 1 is 0.485 bits per heavy atom. The molecule has 0 spiro atoms. The fourth-order valence-electron chi connectivity index (χ4n) is 10.4. The summed E-state index contributed by atoms with van der Waals surface area (Å²) in [7, 11) is 0. The molecule has 12 amide bonds. The number of guanidine groups is 3. The molecule has 1 saturated heterocycles. The number of nitrogens with one attached hydrogen (secondary N) is 10.